The third-order valence-corrected chi connectivity index (χ3v) is 4.67. The van der Waals surface area contributed by atoms with Crippen molar-refractivity contribution in [2.45, 2.75) is 51.6 Å². The van der Waals surface area contributed by atoms with Gasteiger partial charge in [-0.3, -0.25) is 4.90 Å². The van der Waals surface area contributed by atoms with Crippen molar-refractivity contribution >= 4 is 0 Å². The molecule has 1 saturated heterocycles. The van der Waals surface area contributed by atoms with Crippen molar-refractivity contribution in [2.75, 3.05) is 26.2 Å². The maximum atomic E-state index is 5.80. The van der Waals surface area contributed by atoms with Crippen molar-refractivity contribution in [3.05, 3.63) is 30.3 Å². The van der Waals surface area contributed by atoms with Crippen LogP contribution in [0, 0.1) is 0 Å². The average Bonchev–Trinajstić information content (AvgIpc) is 2.65. The maximum Gasteiger partial charge on any atom is 0.119 e. The molecule has 1 fully saturated rings. The fraction of sp³-hybridized carbons (Fsp3) is 0.667. The van der Waals surface area contributed by atoms with Crippen molar-refractivity contribution in [3.63, 3.8) is 0 Å². The van der Waals surface area contributed by atoms with Gasteiger partial charge in [0.05, 0.1) is 6.61 Å². The molecule has 0 aliphatic carbocycles. The van der Waals surface area contributed by atoms with Crippen LogP contribution in [0.4, 0.5) is 0 Å². The summed E-state index contributed by atoms with van der Waals surface area (Å²) in [6.07, 6.45) is 3.49. The van der Waals surface area contributed by atoms with Gasteiger partial charge in [0.15, 0.2) is 0 Å². The van der Waals surface area contributed by atoms with Gasteiger partial charge >= 0.3 is 0 Å². The Morgan fingerprint density at radius 3 is 2.81 bits per heavy atom. The highest BCUT2D eigenvalue weighted by atomic mass is 16.5. The highest BCUT2D eigenvalue weighted by molar-refractivity contribution is 5.20. The number of nitrogens with one attached hydrogen (secondary N) is 1. The van der Waals surface area contributed by atoms with E-state index in [4.69, 9.17) is 4.74 Å². The minimum absolute atomic E-state index is 0.255. The first-order valence-electron chi connectivity index (χ1n) is 8.30. The summed E-state index contributed by atoms with van der Waals surface area (Å²) in [5.74, 6) is 0.974. The summed E-state index contributed by atoms with van der Waals surface area (Å²) in [4.78, 5) is 2.62. The van der Waals surface area contributed by atoms with Crippen molar-refractivity contribution in [2.24, 2.45) is 0 Å². The molecule has 1 N–H and O–H groups in total. The van der Waals surface area contributed by atoms with Crippen molar-refractivity contribution in [1.29, 1.82) is 0 Å². The molecular formula is C18H30N2O. The molecule has 1 aliphatic rings. The zero-order chi connectivity index (χ0) is 15.1. The Kier molecular flexibility index (Phi) is 6.07. The monoisotopic (exact) mass is 290 g/mol. The van der Waals surface area contributed by atoms with Gasteiger partial charge in [-0.2, -0.15) is 0 Å². The summed E-state index contributed by atoms with van der Waals surface area (Å²) in [6, 6.07) is 10.8. The summed E-state index contributed by atoms with van der Waals surface area (Å²) < 4.78 is 5.80. The lowest BCUT2D eigenvalue weighted by molar-refractivity contribution is 0.158. The van der Waals surface area contributed by atoms with Crippen LogP contribution in [0.25, 0.3) is 0 Å². The van der Waals surface area contributed by atoms with Crippen molar-refractivity contribution in [3.8, 4) is 5.75 Å². The molecule has 0 amide bonds. The van der Waals surface area contributed by atoms with Gasteiger partial charge in [0.1, 0.15) is 5.75 Å². The average molecular weight is 290 g/mol. The van der Waals surface area contributed by atoms with Crippen LogP contribution in [-0.2, 0) is 0 Å². The lowest BCUT2D eigenvalue weighted by Crippen LogP contribution is -2.49. The van der Waals surface area contributed by atoms with E-state index in [-0.39, 0.29) is 5.54 Å². The van der Waals surface area contributed by atoms with Crippen LogP contribution in [0.15, 0.2) is 30.3 Å². The number of para-hydroxylation sites is 1. The third kappa shape index (κ3) is 5.01. The normalized spacial score (nSPS) is 27.3. The van der Waals surface area contributed by atoms with Crippen LogP contribution in [0.1, 0.15) is 40.0 Å². The SMILES string of the molecule is CCC1(C)CN(CCCOc2ccccc2)C(C)CCN1. The molecule has 3 nitrogen and oxygen atoms in total. The molecule has 1 aromatic rings. The molecule has 0 bridgehead atoms. The first-order chi connectivity index (χ1) is 10.1. The van der Waals surface area contributed by atoms with Gasteiger partial charge in [0.25, 0.3) is 0 Å². The lowest BCUT2D eigenvalue weighted by Gasteiger charge is -2.34. The molecule has 0 saturated carbocycles. The predicted octanol–water partition coefficient (Wildman–Crippen LogP) is 3.31. The number of ether oxygens (including phenoxy) is 1. The molecule has 0 radical (unpaired) electrons. The fourth-order valence-electron chi connectivity index (χ4n) is 2.94. The number of nitrogens with zero attached hydrogens (tertiary/aromatic N) is 1. The Balaban J connectivity index is 1.77. The van der Waals surface area contributed by atoms with Crippen LogP contribution in [0.2, 0.25) is 0 Å². The number of hydrogen-bond donors (Lipinski definition) is 1. The number of hydrogen-bond acceptors (Lipinski definition) is 3. The molecule has 1 heterocycles. The van der Waals surface area contributed by atoms with E-state index >= 15 is 0 Å². The van der Waals surface area contributed by atoms with Crippen molar-refractivity contribution in [1.82, 2.24) is 10.2 Å². The lowest BCUT2D eigenvalue weighted by atomic mass is 9.98. The van der Waals surface area contributed by atoms with Gasteiger partial charge in [-0.1, -0.05) is 25.1 Å². The molecular weight excluding hydrogens is 260 g/mol. The first kappa shape index (κ1) is 16.3. The predicted molar refractivity (Wildman–Crippen MR) is 88.9 cm³/mol. The summed E-state index contributed by atoms with van der Waals surface area (Å²) in [7, 11) is 0. The van der Waals surface area contributed by atoms with Crippen LogP contribution >= 0.6 is 0 Å². The number of rotatable bonds is 6. The Bertz CT molecular complexity index is 409. The molecule has 118 valence electrons. The smallest absolute Gasteiger partial charge is 0.119 e. The molecule has 21 heavy (non-hydrogen) atoms. The molecule has 2 atom stereocenters. The maximum absolute atomic E-state index is 5.80. The fourth-order valence-corrected chi connectivity index (χ4v) is 2.94. The molecule has 2 unspecified atom stereocenters. The molecule has 3 heteroatoms. The second kappa shape index (κ2) is 7.81. The van der Waals surface area contributed by atoms with E-state index < -0.39 is 0 Å². The van der Waals surface area contributed by atoms with E-state index in [9.17, 15) is 0 Å². The Morgan fingerprint density at radius 2 is 2.10 bits per heavy atom. The zero-order valence-electron chi connectivity index (χ0n) is 13.8. The Morgan fingerprint density at radius 1 is 1.33 bits per heavy atom. The summed E-state index contributed by atoms with van der Waals surface area (Å²) in [5.41, 5.74) is 0.255. The molecule has 0 spiro atoms. The van der Waals surface area contributed by atoms with E-state index in [0.717, 1.165) is 38.4 Å². The summed E-state index contributed by atoms with van der Waals surface area (Å²) in [5, 5.41) is 3.71. The van der Waals surface area contributed by atoms with Crippen LogP contribution in [0.5, 0.6) is 5.75 Å². The highest BCUT2D eigenvalue weighted by Crippen LogP contribution is 2.19. The Labute approximate surface area is 129 Å². The van der Waals surface area contributed by atoms with E-state index in [1.54, 1.807) is 0 Å². The van der Waals surface area contributed by atoms with Gasteiger partial charge in [-0.25, -0.2) is 0 Å². The second-order valence-electron chi connectivity index (χ2n) is 6.46. The molecule has 2 rings (SSSR count). The van der Waals surface area contributed by atoms with E-state index in [2.05, 4.69) is 31.0 Å². The molecule has 1 aliphatic heterocycles. The van der Waals surface area contributed by atoms with Gasteiger partial charge < -0.3 is 10.1 Å². The topological polar surface area (TPSA) is 24.5 Å². The minimum Gasteiger partial charge on any atom is -0.494 e. The van der Waals surface area contributed by atoms with E-state index in [0.29, 0.717) is 6.04 Å². The minimum atomic E-state index is 0.255. The van der Waals surface area contributed by atoms with Crippen LogP contribution in [-0.4, -0.2) is 42.7 Å². The van der Waals surface area contributed by atoms with E-state index in [1.165, 1.54) is 12.8 Å². The molecule has 0 aromatic heterocycles. The van der Waals surface area contributed by atoms with Gasteiger partial charge in [0, 0.05) is 24.7 Å². The largest absolute Gasteiger partial charge is 0.494 e. The van der Waals surface area contributed by atoms with Gasteiger partial charge in [-0.05, 0) is 51.8 Å². The third-order valence-electron chi connectivity index (χ3n) is 4.67. The van der Waals surface area contributed by atoms with Crippen LogP contribution < -0.4 is 10.1 Å². The summed E-state index contributed by atoms with van der Waals surface area (Å²) in [6.45, 7) is 11.1. The quantitative estimate of drug-likeness (QED) is 0.814. The first-order valence-corrected chi connectivity index (χ1v) is 8.30. The van der Waals surface area contributed by atoms with Crippen molar-refractivity contribution < 1.29 is 4.74 Å². The van der Waals surface area contributed by atoms with E-state index in [1.807, 2.05) is 30.3 Å². The Hall–Kier alpha value is -1.06. The summed E-state index contributed by atoms with van der Waals surface area (Å²) >= 11 is 0. The second-order valence-corrected chi connectivity index (χ2v) is 6.46. The van der Waals surface area contributed by atoms with Crippen LogP contribution in [0.3, 0.4) is 0 Å². The highest BCUT2D eigenvalue weighted by Gasteiger charge is 2.29. The number of benzene rings is 1. The molecule has 1 aromatic carbocycles. The standard InChI is InChI=1S/C18H30N2O/c1-4-18(3)15-20(16(2)11-12-19-18)13-8-14-21-17-9-6-5-7-10-17/h5-7,9-10,16,19H,4,8,11-15H2,1-3H3. The van der Waals surface area contributed by atoms with Gasteiger partial charge in [0.2, 0.25) is 0 Å². The van der Waals surface area contributed by atoms with Gasteiger partial charge in [-0.15, -0.1) is 0 Å². The zero-order valence-corrected chi connectivity index (χ0v) is 13.8.